The molecule has 0 rings (SSSR count). The van der Waals surface area contributed by atoms with Gasteiger partial charge in [-0.15, -0.1) is 0 Å². The number of carbonyl (C=O) groups excluding carboxylic acids is 4. The van der Waals surface area contributed by atoms with E-state index in [4.69, 9.17) is 37.0 Å². The highest BCUT2D eigenvalue weighted by atomic mass is 31.2. The molecule has 3 N–H and O–H groups in total. The molecule has 84 heavy (non-hydrogen) atoms. The Bertz CT molecular complexity index is 1680. The fraction of sp³-hybridized carbons (Fsp3) is 0.938. The SMILES string of the molecule is CCC(C)CCCCCCCCC(=O)OC[C@H](COP(=O)(O)OC[C@H](O)COP(=O)(O)OC[C@@H](COC(=O)CCCCCCCCCCCC(C)C)OC(=O)CCCCCCCCCCC(C)C)OC(=O)CCCCCCCCCCC(C)C. The highest BCUT2D eigenvalue weighted by Gasteiger charge is 2.30. The fourth-order valence-electron chi connectivity index (χ4n) is 9.57. The second kappa shape index (κ2) is 55.2. The molecule has 17 nitrogen and oxygen atoms in total. The average Bonchev–Trinajstić information content (AvgIpc) is 3.51. The van der Waals surface area contributed by atoms with E-state index in [1.165, 1.54) is 109 Å². The maximum Gasteiger partial charge on any atom is 0.472 e. The number of rotatable bonds is 62. The minimum atomic E-state index is -4.95. The normalized spacial score (nSPS) is 14.7. The third kappa shape index (κ3) is 57.8. The third-order valence-electron chi connectivity index (χ3n) is 15.2. The van der Waals surface area contributed by atoms with Crippen molar-refractivity contribution in [2.45, 2.75) is 331 Å². The largest absolute Gasteiger partial charge is 0.472 e. The third-order valence-corrected chi connectivity index (χ3v) is 17.1. The molecule has 498 valence electrons. The lowest BCUT2D eigenvalue weighted by atomic mass is 10.00. The first-order valence-corrected chi connectivity index (χ1v) is 36.7. The number of carbonyl (C=O) groups is 4. The Balaban J connectivity index is 5.26. The van der Waals surface area contributed by atoms with E-state index >= 15 is 0 Å². The molecule has 19 heteroatoms. The molecular formula is C65H126O17P2. The lowest BCUT2D eigenvalue weighted by molar-refractivity contribution is -0.161. The Labute approximate surface area is 511 Å². The second-order valence-corrected chi connectivity index (χ2v) is 28.1. The van der Waals surface area contributed by atoms with Gasteiger partial charge in [0.1, 0.15) is 19.3 Å². The molecular weight excluding hydrogens is 1110 g/mol. The summed E-state index contributed by atoms with van der Waals surface area (Å²) in [6.07, 6.45) is 34.9. The van der Waals surface area contributed by atoms with Gasteiger partial charge in [-0.2, -0.15) is 0 Å². The van der Waals surface area contributed by atoms with Crippen molar-refractivity contribution in [2.24, 2.45) is 23.7 Å². The maximum atomic E-state index is 13.0. The van der Waals surface area contributed by atoms with Crippen LogP contribution in [0.3, 0.4) is 0 Å². The first kappa shape index (κ1) is 82.1. The summed E-state index contributed by atoms with van der Waals surface area (Å²) < 4.78 is 68.0. The van der Waals surface area contributed by atoms with E-state index in [1.54, 1.807) is 0 Å². The van der Waals surface area contributed by atoms with Gasteiger partial charge in [0.05, 0.1) is 26.4 Å². The average molecular weight is 1240 g/mol. The number of ether oxygens (including phenoxy) is 4. The molecule has 0 saturated carbocycles. The van der Waals surface area contributed by atoms with Gasteiger partial charge in [-0.25, -0.2) is 9.13 Å². The number of hydrogen-bond acceptors (Lipinski definition) is 15. The zero-order valence-electron chi connectivity index (χ0n) is 54.5. The van der Waals surface area contributed by atoms with E-state index in [1.807, 2.05) is 0 Å². The van der Waals surface area contributed by atoms with Crippen LogP contribution in [0, 0.1) is 23.7 Å². The zero-order valence-corrected chi connectivity index (χ0v) is 56.3. The smallest absolute Gasteiger partial charge is 0.462 e. The van der Waals surface area contributed by atoms with Crippen LogP contribution >= 0.6 is 15.6 Å². The van der Waals surface area contributed by atoms with E-state index in [9.17, 15) is 43.2 Å². The van der Waals surface area contributed by atoms with Gasteiger partial charge in [0.2, 0.25) is 0 Å². The van der Waals surface area contributed by atoms with Crippen LogP contribution in [-0.2, 0) is 65.4 Å². The summed E-state index contributed by atoms with van der Waals surface area (Å²) in [5, 5.41) is 10.5. The standard InChI is InChI=1S/C65H126O17P2/c1-9-58(8)44-36-28-23-24-30-38-46-63(68)76-52-61(82-65(70)48-40-32-22-16-14-19-27-35-43-57(6)7)54-80-84(73,74)78-50-59(66)49-77-83(71,72)79-53-60(81-64(69)47-39-31-21-15-13-18-26-34-42-56(4)5)51-75-62(67)45-37-29-20-12-10-11-17-25-33-41-55(2)3/h55-61,66H,9-54H2,1-8H3,(H,71,72)(H,73,74)/t58?,59-,60-,61-/m1/s1. The lowest BCUT2D eigenvalue weighted by Gasteiger charge is -2.21. The number of hydrogen-bond donors (Lipinski definition) is 3. The fourth-order valence-corrected chi connectivity index (χ4v) is 11.2. The molecule has 0 radical (unpaired) electrons. The predicted octanol–water partition coefficient (Wildman–Crippen LogP) is 17.8. The molecule has 0 heterocycles. The monoisotopic (exact) mass is 1240 g/mol. The quantitative estimate of drug-likeness (QED) is 0.0222. The van der Waals surface area contributed by atoms with Gasteiger partial charge in [-0.05, 0) is 49.4 Å². The lowest BCUT2D eigenvalue weighted by Crippen LogP contribution is -2.30. The highest BCUT2D eigenvalue weighted by molar-refractivity contribution is 7.47. The summed E-state index contributed by atoms with van der Waals surface area (Å²) in [4.78, 5) is 72.3. The van der Waals surface area contributed by atoms with Crippen LogP contribution in [0.4, 0.5) is 0 Å². The van der Waals surface area contributed by atoms with Crippen molar-refractivity contribution < 1.29 is 80.2 Å². The number of aliphatic hydroxyl groups is 1. The second-order valence-electron chi connectivity index (χ2n) is 25.2. The Morgan fingerprint density at radius 3 is 0.845 bits per heavy atom. The first-order chi connectivity index (χ1) is 40.1. The molecule has 0 spiro atoms. The van der Waals surface area contributed by atoms with Gasteiger partial charge in [0.15, 0.2) is 12.2 Å². The number of aliphatic hydroxyl groups excluding tert-OH is 1. The van der Waals surface area contributed by atoms with Crippen molar-refractivity contribution >= 4 is 39.5 Å². The molecule has 0 aliphatic heterocycles. The van der Waals surface area contributed by atoms with Gasteiger partial charge in [0.25, 0.3) is 0 Å². The molecule has 0 aromatic rings. The molecule has 0 fully saturated rings. The van der Waals surface area contributed by atoms with E-state index in [0.29, 0.717) is 25.7 Å². The van der Waals surface area contributed by atoms with E-state index in [-0.39, 0.29) is 25.7 Å². The molecule has 0 bridgehead atoms. The first-order valence-electron chi connectivity index (χ1n) is 33.7. The number of phosphoric ester groups is 2. The van der Waals surface area contributed by atoms with Crippen molar-refractivity contribution in [3.63, 3.8) is 0 Å². The molecule has 3 unspecified atom stereocenters. The number of esters is 4. The topological polar surface area (TPSA) is 237 Å². The van der Waals surface area contributed by atoms with Crippen molar-refractivity contribution in [3.8, 4) is 0 Å². The predicted molar refractivity (Wildman–Crippen MR) is 335 cm³/mol. The van der Waals surface area contributed by atoms with Crippen LogP contribution < -0.4 is 0 Å². The van der Waals surface area contributed by atoms with Crippen LogP contribution in [0.25, 0.3) is 0 Å². The van der Waals surface area contributed by atoms with Crippen molar-refractivity contribution in [1.29, 1.82) is 0 Å². The summed E-state index contributed by atoms with van der Waals surface area (Å²) >= 11 is 0. The minimum Gasteiger partial charge on any atom is -0.462 e. The Kier molecular flexibility index (Phi) is 53.9. The van der Waals surface area contributed by atoms with Gasteiger partial charge in [-0.3, -0.25) is 37.3 Å². The molecule has 0 aliphatic carbocycles. The van der Waals surface area contributed by atoms with E-state index < -0.39 is 97.5 Å². The van der Waals surface area contributed by atoms with Crippen molar-refractivity contribution in [3.05, 3.63) is 0 Å². The zero-order chi connectivity index (χ0) is 62.5. The van der Waals surface area contributed by atoms with Crippen LogP contribution in [-0.4, -0.2) is 96.7 Å². The maximum absolute atomic E-state index is 13.0. The molecule has 0 aliphatic rings. The van der Waals surface area contributed by atoms with Crippen LogP contribution in [0.1, 0.15) is 312 Å². The van der Waals surface area contributed by atoms with Gasteiger partial charge < -0.3 is 33.8 Å². The molecule has 0 aromatic heterocycles. The van der Waals surface area contributed by atoms with Crippen LogP contribution in [0.2, 0.25) is 0 Å². The number of unbranched alkanes of at least 4 members (excludes halogenated alkanes) is 27. The minimum absolute atomic E-state index is 0.103. The number of phosphoric acid groups is 2. The molecule has 0 saturated heterocycles. The Morgan fingerprint density at radius 2 is 0.571 bits per heavy atom. The Hall–Kier alpha value is -1.94. The van der Waals surface area contributed by atoms with E-state index in [0.717, 1.165) is 120 Å². The van der Waals surface area contributed by atoms with Crippen molar-refractivity contribution in [1.82, 2.24) is 0 Å². The van der Waals surface area contributed by atoms with Crippen LogP contribution in [0.15, 0.2) is 0 Å². The van der Waals surface area contributed by atoms with E-state index in [2.05, 4.69) is 55.4 Å². The van der Waals surface area contributed by atoms with Crippen LogP contribution in [0.5, 0.6) is 0 Å². The highest BCUT2D eigenvalue weighted by Crippen LogP contribution is 2.45. The molecule has 6 atom stereocenters. The van der Waals surface area contributed by atoms with Gasteiger partial charge in [-0.1, -0.05) is 261 Å². The molecule has 0 amide bonds. The summed E-state index contributed by atoms with van der Waals surface area (Å²) in [6, 6.07) is 0. The summed E-state index contributed by atoms with van der Waals surface area (Å²) in [7, 11) is -9.89. The summed E-state index contributed by atoms with van der Waals surface area (Å²) in [5.74, 6) is 0.771. The van der Waals surface area contributed by atoms with Gasteiger partial charge in [0, 0.05) is 25.7 Å². The summed E-state index contributed by atoms with van der Waals surface area (Å²) in [5.41, 5.74) is 0. The molecule has 0 aromatic carbocycles. The van der Waals surface area contributed by atoms with Gasteiger partial charge >= 0.3 is 39.5 Å². The summed E-state index contributed by atoms with van der Waals surface area (Å²) in [6.45, 7) is 14.0. The van der Waals surface area contributed by atoms with Crippen molar-refractivity contribution in [2.75, 3.05) is 39.6 Å². The Morgan fingerprint density at radius 1 is 0.333 bits per heavy atom.